The van der Waals surface area contributed by atoms with Crippen molar-refractivity contribution in [3.63, 3.8) is 0 Å². The normalized spacial score (nSPS) is 17.6. The molecule has 2 heterocycles. The Labute approximate surface area is 127 Å². The monoisotopic (exact) mass is 312 g/mol. The lowest BCUT2D eigenvalue weighted by atomic mass is 10.2. The fourth-order valence-corrected chi connectivity index (χ4v) is 2.52. The predicted octanol–water partition coefficient (Wildman–Crippen LogP) is 0.135. The van der Waals surface area contributed by atoms with E-state index in [2.05, 4.69) is 15.6 Å². The largest absolute Gasteiger partial charge is 0.357 e. The van der Waals surface area contributed by atoms with Gasteiger partial charge in [-0.25, -0.2) is 0 Å². The molecule has 3 N–H and O–H groups in total. The third-order valence-electron chi connectivity index (χ3n) is 3.41. The van der Waals surface area contributed by atoms with E-state index in [0.717, 1.165) is 6.42 Å². The molecule has 1 fully saturated rings. The third-order valence-corrected chi connectivity index (χ3v) is 3.63. The summed E-state index contributed by atoms with van der Waals surface area (Å²) in [6.45, 7) is 0.379. The Hall–Kier alpha value is -2.02. The SMILES string of the molecule is CNC(=O)C1CCCN1C(=O)CNC(=O)c1cc(Cl)c[nH]1. The van der Waals surface area contributed by atoms with Gasteiger partial charge in [-0.05, 0) is 18.9 Å². The van der Waals surface area contributed by atoms with Crippen molar-refractivity contribution in [1.82, 2.24) is 20.5 Å². The fraction of sp³-hybridized carbons (Fsp3) is 0.462. The zero-order valence-corrected chi connectivity index (χ0v) is 12.4. The van der Waals surface area contributed by atoms with Crippen LogP contribution in [0.15, 0.2) is 12.3 Å². The molecule has 8 heteroatoms. The lowest BCUT2D eigenvalue weighted by Gasteiger charge is -2.23. The van der Waals surface area contributed by atoms with Gasteiger partial charge >= 0.3 is 0 Å². The Morgan fingerprint density at radius 3 is 2.86 bits per heavy atom. The molecule has 0 bridgehead atoms. The molecule has 1 aromatic heterocycles. The molecule has 1 saturated heterocycles. The first kappa shape index (κ1) is 15.4. The summed E-state index contributed by atoms with van der Waals surface area (Å²) in [5.41, 5.74) is 0.289. The molecule has 21 heavy (non-hydrogen) atoms. The smallest absolute Gasteiger partial charge is 0.268 e. The fourth-order valence-electron chi connectivity index (χ4n) is 2.36. The maximum absolute atomic E-state index is 12.1. The molecule has 1 unspecified atom stereocenters. The lowest BCUT2D eigenvalue weighted by molar-refractivity contribution is -0.137. The van der Waals surface area contributed by atoms with Crippen molar-refractivity contribution >= 4 is 29.3 Å². The van der Waals surface area contributed by atoms with Gasteiger partial charge in [0.15, 0.2) is 0 Å². The molecule has 0 radical (unpaired) electrons. The van der Waals surface area contributed by atoms with E-state index < -0.39 is 11.9 Å². The van der Waals surface area contributed by atoms with Gasteiger partial charge in [0.1, 0.15) is 11.7 Å². The second-order valence-corrected chi connectivity index (χ2v) is 5.21. The maximum atomic E-state index is 12.1. The predicted molar refractivity (Wildman–Crippen MR) is 76.9 cm³/mol. The van der Waals surface area contributed by atoms with Gasteiger partial charge in [-0.15, -0.1) is 0 Å². The number of nitrogens with one attached hydrogen (secondary N) is 3. The van der Waals surface area contributed by atoms with Crippen LogP contribution in [0.3, 0.4) is 0 Å². The van der Waals surface area contributed by atoms with Crippen LogP contribution >= 0.6 is 11.6 Å². The van der Waals surface area contributed by atoms with Crippen LogP contribution < -0.4 is 10.6 Å². The van der Waals surface area contributed by atoms with Gasteiger partial charge in [0.2, 0.25) is 11.8 Å². The number of hydrogen-bond acceptors (Lipinski definition) is 3. The standard InChI is InChI=1S/C13H17ClN4O3/c1-15-13(21)10-3-2-4-18(10)11(19)7-17-12(20)9-5-8(14)6-16-9/h5-6,10,16H,2-4,7H2,1H3,(H,15,21)(H,17,20). The number of rotatable bonds is 4. The number of hydrogen-bond donors (Lipinski definition) is 3. The molecule has 0 aromatic carbocycles. The Morgan fingerprint density at radius 1 is 1.48 bits per heavy atom. The van der Waals surface area contributed by atoms with Crippen LogP contribution in [0.1, 0.15) is 23.3 Å². The highest BCUT2D eigenvalue weighted by Crippen LogP contribution is 2.17. The first-order valence-corrected chi connectivity index (χ1v) is 7.04. The number of amides is 3. The first-order valence-electron chi connectivity index (χ1n) is 6.66. The van der Waals surface area contributed by atoms with E-state index in [1.807, 2.05) is 0 Å². The summed E-state index contributed by atoms with van der Waals surface area (Å²) in [5, 5.41) is 5.48. The number of likely N-dealkylation sites (N-methyl/N-ethyl adjacent to an activating group) is 1. The van der Waals surface area contributed by atoms with E-state index in [0.29, 0.717) is 18.0 Å². The molecule has 1 aliphatic rings. The van der Waals surface area contributed by atoms with Crippen LogP contribution in [0.25, 0.3) is 0 Å². The van der Waals surface area contributed by atoms with Crippen molar-refractivity contribution in [2.24, 2.45) is 0 Å². The molecule has 0 saturated carbocycles. The van der Waals surface area contributed by atoms with Gasteiger partial charge in [-0.3, -0.25) is 14.4 Å². The number of halogens is 1. The first-order chi connectivity index (χ1) is 10.0. The minimum absolute atomic E-state index is 0.150. The molecule has 1 atom stereocenters. The quantitative estimate of drug-likeness (QED) is 0.738. The Morgan fingerprint density at radius 2 is 2.24 bits per heavy atom. The summed E-state index contributed by atoms with van der Waals surface area (Å²) in [5.74, 6) is -0.860. The minimum Gasteiger partial charge on any atom is -0.357 e. The van der Waals surface area contributed by atoms with Gasteiger partial charge in [-0.2, -0.15) is 0 Å². The topological polar surface area (TPSA) is 94.3 Å². The summed E-state index contributed by atoms with van der Waals surface area (Å²) >= 11 is 5.71. The number of carbonyl (C=O) groups is 3. The second-order valence-electron chi connectivity index (χ2n) is 4.77. The van der Waals surface area contributed by atoms with Crippen molar-refractivity contribution in [2.45, 2.75) is 18.9 Å². The van der Waals surface area contributed by atoms with Gasteiger partial charge in [0.25, 0.3) is 5.91 Å². The Bertz CT molecular complexity index is 557. The van der Waals surface area contributed by atoms with Gasteiger partial charge in [-0.1, -0.05) is 11.6 Å². The van der Waals surface area contributed by atoms with Crippen molar-refractivity contribution in [3.05, 3.63) is 23.0 Å². The van der Waals surface area contributed by atoms with E-state index in [4.69, 9.17) is 11.6 Å². The Balaban J connectivity index is 1.89. The van der Waals surface area contributed by atoms with Gasteiger partial charge < -0.3 is 20.5 Å². The highest BCUT2D eigenvalue weighted by atomic mass is 35.5. The molecule has 7 nitrogen and oxygen atoms in total. The van der Waals surface area contributed by atoms with Crippen molar-refractivity contribution in [1.29, 1.82) is 0 Å². The van der Waals surface area contributed by atoms with Crippen LogP contribution in [0, 0.1) is 0 Å². The van der Waals surface area contributed by atoms with Crippen molar-refractivity contribution in [3.8, 4) is 0 Å². The molecule has 114 valence electrons. The molecule has 0 aliphatic carbocycles. The summed E-state index contributed by atoms with van der Waals surface area (Å²) in [6.07, 6.45) is 2.91. The number of carbonyl (C=O) groups excluding carboxylic acids is 3. The van der Waals surface area contributed by atoms with E-state index in [1.54, 1.807) is 7.05 Å². The average molecular weight is 313 g/mol. The van der Waals surface area contributed by atoms with E-state index in [9.17, 15) is 14.4 Å². The van der Waals surface area contributed by atoms with Crippen LogP contribution in [-0.2, 0) is 9.59 Å². The molecule has 3 amide bonds. The van der Waals surface area contributed by atoms with Crippen LogP contribution in [0.5, 0.6) is 0 Å². The highest BCUT2D eigenvalue weighted by molar-refractivity contribution is 6.30. The second kappa shape index (κ2) is 6.62. The van der Waals surface area contributed by atoms with Crippen molar-refractivity contribution in [2.75, 3.05) is 20.1 Å². The lowest BCUT2D eigenvalue weighted by Crippen LogP contribution is -2.48. The van der Waals surface area contributed by atoms with Gasteiger partial charge in [0, 0.05) is 19.8 Å². The van der Waals surface area contributed by atoms with Gasteiger partial charge in [0.05, 0.1) is 11.6 Å². The Kier molecular flexibility index (Phi) is 4.85. The maximum Gasteiger partial charge on any atom is 0.268 e. The summed E-state index contributed by atoms with van der Waals surface area (Å²) in [6, 6.07) is 1.03. The minimum atomic E-state index is -0.445. The van der Waals surface area contributed by atoms with Crippen LogP contribution in [0.2, 0.25) is 5.02 Å². The zero-order chi connectivity index (χ0) is 15.4. The molecule has 0 spiro atoms. The zero-order valence-electron chi connectivity index (χ0n) is 11.6. The summed E-state index contributed by atoms with van der Waals surface area (Å²) in [7, 11) is 1.54. The molecular weight excluding hydrogens is 296 g/mol. The van der Waals surface area contributed by atoms with E-state index >= 15 is 0 Å². The summed E-state index contributed by atoms with van der Waals surface area (Å²) in [4.78, 5) is 39.8. The third kappa shape index (κ3) is 3.55. The average Bonchev–Trinajstić information content (AvgIpc) is 3.12. The number of aromatic amines is 1. The number of aromatic nitrogens is 1. The van der Waals surface area contributed by atoms with E-state index in [1.165, 1.54) is 17.2 Å². The van der Waals surface area contributed by atoms with Crippen molar-refractivity contribution < 1.29 is 14.4 Å². The van der Waals surface area contributed by atoms with Crippen LogP contribution in [0.4, 0.5) is 0 Å². The molecular formula is C13H17ClN4O3. The van der Waals surface area contributed by atoms with E-state index in [-0.39, 0.29) is 24.1 Å². The number of likely N-dealkylation sites (tertiary alicyclic amines) is 1. The summed E-state index contributed by atoms with van der Waals surface area (Å²) < 4.78 is 0. The highest BCUT2D eigenvalue weighted by Gasteiger charge is 2.33. The number of nitrogens with zero attached hydrogens (tertiary/aromatic N) is 1. The molecule has 1 aromatic rings. The van der Waals surface area contributed by atoms with Crippen LogP contribution in [-0.4, -0.2) is 53.8 Å². The number of H-pyrrole nitrogens is 1. The molecule has 2 rings (SSSR count). The molecule has 1 aliphatic heterocycles.